The van der Waals surface area contributed by atoms with Gasteiger partial charge in [0.1, 0.15) is 5.75 Å². The van der Waals surface area contributed by atoms with Crippen LogP contribution in [0.2, 0.25) is 0 Å². The molecule has 0 spiro atoms. The lowest BCUT2D eigenvalue weighted by molar-refractivity contribution is 0.115. The van der Waals surface area contributed by atoms with Crippen LogP contribution in [0.25, 0.3) is 0 Å². The number of rotatable bonds is 3. The summed E-state index contributed by atoms with van der Waals surface area (Å²) in [6, 6.07) is 4.93. The molecule has 0 saturated carbocycles. The van der Waals surface area contributed by atoms with Crippen LogP contribution >= 0.6 is 0 Å². The standard InChI is InChI=1S/C18H28N2O/c1-4-20(14-6-5-9-19-11-14)15-10-13(3)17-12(2)7-8-16(21)18(15)17/h7-8,13-15,19,21H,4-6,9-11H2,1-3H3. The number of aryl methyl sites for hydroxylation is 1. The molecule has 1 aromatic carbocycles. The Morgan fingerprint density at radius 3 is 2.81 bits per heavy atom. The number of nitrogens with one attached hydrogen (secondary N) is 1. The molecule has 0 bridgehead atoms. The van der Waals surface area contributed by atoms with Crippen LogP contribution in [-0.4, -0.2) is 35.7 Å². The maximum atomic E-state index is 10.4. The molecule has 1 heterocycles. The van der Waals surface area contributed by atoms with Crippen molar-refractivity contribution >= 4 is 0 Å². The normalized spacial score (nSPS) is 28.9. The number of phenolic OH excluding ortho intramolecular Hbond substituents is 1. The summed E-state index contributed by atoms with van der Waals surface area (Å²) in [6.07, 6.45) is 3.67. The summed E-state index contributed by atoms with van der Waals surface area (Å²) >= 11 is 0. The smallest absolute Gasteiger partial charge is 0.120 e. The number of likely N-dealkylation sites (N-methyl/N-ethyl adjacent to an activating group) is 1. The molecule has 1 aliphatic carbocycles. The SMILES string of the molecule is CCN(C1CCCNC1)C1CC(C)c2c(C)ccc(O)c21. The molecule has 2 N–H and O–H groups in total. The van der Waals surface area contributed by atoms with E-state index in [0.717, 1.165) is 26.1 Å². The van der Waals surface area contributed by atoms with E-state index in [1.807, 2.05) is 6.07 Å². The van der Waals surface area contributed by atoms with E-state index in [1.54, 1.807) is 0 Å². The van der Waals surface area contributed by atoms with Gasteiger partial charge < -0.3 is 10.4 Å². The minimum absolute atomic E-state index is 0.379. The van der Waals surface area contributed by atoms with Crippen LogP contribution in [0, 0.1) is 6.92 Å². The van der Waals surface area contributed by atoms with Crippen molar-refractivity contribution in [2.75, 3.05) is 19.6 Å². The van der Waals surface area contributed by atoms with E-state index in [1.165, 1.54) is 29.5 Å². The molecule has 1 aromatic rings. The van der Waals surface area contributed by atoms with Gasteiger partial charge in [0.05, 0.1) is 0 Å². The largest absolute Gasteiger partial charge is 0.508 e. The second-order valence-corrected chi connectivity index (χ2v) is 6.71. The number of hydrogen-bond donors (Lipinski definition) is 2. The van der Waals surface area contributed by atoms with Gasteiger partial charge in [-0.3, -0.25) is 4.90 Å². The highest BCUT2D eigenvalue weighted by atomic mass is 16.3. The lowest BCUT2D eigenvalue weighted by Gasteiger charge is -2.38. The quantitative estimate of drug-likeness (QED) is 0.895. The second kappa shape index (κ2) is 5.98. The average molecular weight is 288 g/mol. The van der Waals surface area contributed by atoms with Crippen molar-refractivity contribution in [3.8, 4) is 5.75 Å². The van der Waals surface area contributed by atoms with Gasteiger partial charge in [0.15, 0.2) is 0 Å². The Morgan fingerprint density at radius 2 is 2.14 bits per heavy atom. The summed E-state index contributed by atoms with van der Waals surface area (Å²) in [4.78, 5) is 2.62. The number of benzene rings is 1. The highest BCUT2D eigenvalue weighted by Gasteiger charge is 2.37. The first-order chi connectivity index (χ1) is 10.1. The van der Waals surface area contributed by atoms with Crippen LogP contribution in [0.15, 0.2) is 12.1 Å². The molecular formula is C18H28N2O. The Balaban J connectivity index is 1.95. The Hall–Kier alpha value is -1.06. The van der Waals surface area contributed by atoms with Crippen molar-refractivity contribution in [2.24, 2.45) is 0 Å². The Morgan fingerprint density at radius 1 is 1.33 bits per heavy atom. The van der Waals surface area contributed by atoms with Gasteiger partial charge in [0.2, 0.25) is 0 Å². The monoisotopic (exact) mass is 288 g/mol. The Bertz CT molecular complexity index is 508. The van der Waals surface area contributed by atoms with Crippen molar-refractivity contribution in [1.29, 1.82) is 0 Å². The maximum absolute atomic E-state index is 10.4. The van der Waals surface area contributed by atoms with Gasteiger partial charge in [-0.2, -0.15) is 0 Å². The number of piperidine rings is 1. The topological polar surface area (TPSA) is 35.5 Å². The molecule has 3 heteroatoms. The highest BCUT2D eigenvalue weighted by Crippen LogP contribution is 2.49. The zero-order valence-corrected chi connectivity index (χ0v) is 13.5. The van der Waals surface area contributed by atoms with Gasteiger partial charge in [-0.05, 0) is 62.4 Å². The van der Waals surface area contributed by atoms with E-state index in [4.69, 9.17) is 0 Å². The van der Waals surface area contributed by atoms with Gasteiger partial charge in [-0.15, -0.1) is 0 Å². The van der Waals surface area contributed by atoms with Crippen molar-refractivity contribution in [3.63, 3.8) is 0 Å². The fraction of sp³-hybridized carbons (Fsp3) is 0.667. The average Bonchev–Trinajstić information content (AvgIpc) is 2.84. The third-order valence-corrected chi connectivity index (χ3v) is 5.39. The van der Waals surface area contributed by atoms with Crippen LogP contribution in [-0.2, 0) is 0 Å². The van der Waals surface area contributed by atoms with Gasteiger partial charge in [0.25, 0.3) is 0 Å². The van der Waals surface area contributed by atoms with E-state index >= 15 is 0 Å². The lowest BCUT2D eigenvalue weighted by atomic mass is 9.97. The van der Waals surface area contributed by atoms with Crippen LogP contribution < -0.4 is 5.32 Å². The zero-order chi connectivity index (χ0) is 15.0. The first-order valence-electron chi connectivity index (χ1n) is 8.42. The minimum atomic E-state index is 0.379. The number of aromatic hydroxyl groups is 1. The molecule has 0 radical (unpaired) electrons. The zero-order valence-electron chi connectivity index (χ0n) is 13.5. The molecule has 21 heavy (non-hydrogen) atoms. The second-order valence-electron chi connectivity index (χ2n) is 6.71. The number of hydrogen-bond acceptors (Lipinski definition) is 3. The molecule has 3 atom stereocenters. The Kier molecular flexibility index (Phi) is 4.23. The lowest BCUT2D eigenvalue weighted by Crippen LogP contribution is -2.47. The van der Waals surface area contributed by atoms with E-state index < -0.39 is 0 Å². The molecule has 0 aromatic heterocycles. The van der Waals surface area contributed by atoms with Crippen LogP contribution in [0.4, 0.5) is 0 Å². The summed E-state index contributed by atoms with van der Waals surface area (Å²) in [6.45, 7) is 10.0. The van der Waals surface area contributed by atoms with Gasteiger partial charge in [-0.1, -0.05) is 19.9 Å². The first-order valence-corrected chi connectivity index (χ1v) is 8.42. The van der Waals surface area contributed by atoms with Crippen molar-refractivity contribution < 1.29 is 5.11 Å². The number of fused-ring (bicyclic) bond motifs is 1. The molecule has 1 fully saturated rings. The number of nitrogens with zero attached hydrogens (tertiary/aromatic N) is 1. The maximum Gasteiger partial charge on any atom is 0.120 e. The molecule has 1 saturated heterocycles. The molecule has 3 nitrogen and oxygen atoms in total. The Labute approximate surface area is 128 Å². The van der Waals surface area contributed by atoms with Gasteiger partial charge in [0, 0.05) is 24.2 Å². The molecule has 3 rings (SSSR count). The van der Waals surface area contributed by atoms with E-state index in [9.17, 15) is 5.11 Å². The van der Waals surface area contributed by atoms with E-state index in [-0.39, 0.29) is 0 Å². The van der Waals surface area contributed by atoms with Crippen LogP contribution in [0.5, 0.6) is 5.75 Å². The van der Waals surface area contributed by atoms with Crippen LogP contribution in [0.1, 0.15) is 61.8 Å². The molecule has 116 valence electrons. The third-order valence-electron chi connectivity index (χ3n) is 5.39. The van der Waals surface area contributed by atoms with Crippen molar-refractivity contribution in [3.05, 3.63) is 28.8 Å². The van der Waals surface area contributed by atoms with Crippen molar-refractivity contribution in [1.82, 2.24) is 10.2 Å². The first kappa shape index (κ1) is 14.9. The molecule has 0 amide bonds. The predicted molar refractivity (Wildman–Crippen MR) is 86.9 cm³/mol. The fourth-order valence-electron chi connectivity index (χ4n) is 4.46. The molecule has 3 unspecified atom stereocenters. The predicted octanol–water partition coefficient (Wildman–Crippen LogP) is 3.32. The molecular weight excluding hydrogens is 260 g/mol. The summed E-state index contributed by atoms with van der Waals surface area (Å²) in [5, 5.41) is 14.0. The van der Waals surface area contributed by atoms with Crippen LogP contribution in [0.3, 0.4) is 0 Å². The summed E-state index contributed by atoms with van der Waals surface area (Å²) in [5.41, 5.74) is 3.92. The fourth-order valence-corrected chi connectivity index (χ4v) is 4.46. The molecule has 2 aliphatic rings. The summed E-state index contributed by atoms with van der Waals surface area (Å²) in [5.74, 6) is 1.04. The van der Waals surface area contributed by atoms with Gasteiger partial charge in [-0.25, -0.2) is 0 Å². The summed E-state index contributed by atoms with van der Waals surface area (Å²) in [7, 11) is 0. The van der Waals surface area contributed by atoms with Gasteiger partial charge >= 0.3 is 0 Å². The highest BCUT2D eigenvalue weighted by molar-refractivity contribution is 5.51. The third kappa shape index (κ3) is 2.58. The van der Waals surface area contributed by atoms with E-state index in [2.05, 4.69) is 37.1 Å². The van der Waals surface area contributed by atoms with Crippen molar-refractivity contribution in [2.45, 2.75) is 58.0 Å². The van der Waals surface area contributed by atoms with E-state index in [0.29, 0.717) is 23.8 Å². The minimum Gasteiger partial charge on any atom is -0.508 e. The number of phenols is 1. The summed E-state index contributed by atoms with van der Waals surface area (Å²) < 4.78 is 0. The molecule has 1 aliphatic heterocycles.